The number of ether oxygens (including phenoxy) is 1. The molecule has 2 aromatic rings. The monoisotopic (exact) mass is 454 g/mol. The Morgan fingerprint density at radius 3 is 2.82 bits per heavy atom. The number of aliphatic hydroxyl groups is 1. The highest BCUT2D eigenvalue weighted by molar-refractivity contribution is 5.82. The summed E-state index contributed by atoms with van der Waals surface area (Å²) in [6.07, 6.45) is 19.0. The molecule has 7 rings (SSSR count). The van der Waals surface area contributed by atoms with E-state index in [0.29, 0.717) is 12.0 Å². The minimum Gasteiger partial charge on any atom is -0.385 e. The van der Waals surface area contributed by atoms with Crippen molar-refractivity contribution in [1.29, 1.82) is 0 Å². The molecule has 0 unspecified atom stereocenters. The van der Waals surface area contributed by atoms with Gasteiger partial charge in [-0.05, 0) is 86.8 Å². The first kappa shape index (κ1) is 21.0. The third kappa shape index (κ3) is 2.47. The number of allylic oxidation sites excluding steroid dienone is 1. The average Bonchev–Trinajstić information content (AvgIpc) is 3.30. The summed E-state index contributed by atoms with van der Waals surface area (Å²) in [6.45, 7) is 2.32. The predicted molar refractivity (Wildman–Crippen MR) is 134 cm³/mol. The summed E-state index contributed by atoms with van der Waals surface area (Å²) in [5, 5.41) is 14.7. The Balaban J connectivity index is 1.32. The van der Waals surface area contributed by atoms with Gasteiger partial charge in [0.2, 0.25) is 0 Å². The second kappa shape index (κ2) is 6.69. The largest absolute Gasteiger partial charge is 0.385 e. The van der Waals surface area contributed by atoms with Crippen LogP contribution < -0.4 is 0 Å². The van der Waals surface area contributed by atoms with Crippen LogP contribution in [0.1, 0.15) is 51.0 Å². The Kier molecular flexibility index (Phi) is 4.14. The molecule has 0 radical (unpaired) electrons. The van der Waals surface area contributed by atoms with E-state index in [1.807, 2.05) is 18.5 Å². The van der Waals surface area contributed by atoms with E-state index in [4.69, 9.17) is 4.74 Å². The molecule has 34 heavy (non-hydrogen) atoms. The molecule has 1 aromatic heterocycles. The lowest BCUT2D eigenvalue weighted by Gasteiger charge is -2.55. The van der Waals surface area contributed by atoms with Crippen LogP contribution >= 0.6 is 0 Å². The fourth-order valence-electron chi connectivity index (χ4n) is 8.22. The number of pyridine rings is 1. The smallest absolute Gasteiger partial charge is 0.0976 e. The lowest BCUT2D eigenvalue weighted by atomic mass is 9.56. The zero-order chi connectivity index (χ0) is 23.3. The van der Waals surface area contributed by atoms with Crippen LogP contribution in [0.5, 0.6) is 0 Å². The van der Waals surface area contributed by atoms with E-state index in [-0.39, 0.29) is 16.6 Å². The second-order valence-corrected chi connectivity index (χ2v) is 11.8. The molecule has 0 amide bonds. The van der Waals surface area contributed by atoms with Gasteiger partial charge in [0.05, 0.1) is 16.8 Å². The van der Waals surface area contributed by atoms with E-state index in [1.165, 1.54) is 16.5 Å². The van der Waals surface area contributed by atoms with Crippen molar-refractivity contribution < 1.29 is 9.84 Å². The average molecular weight is 455 g/mol. The Bertz CT molecular complexity index is 1290. The van der Waals surface area contributed by atoms with Crippen LogP contribution in [0.3, 0.4) is 0 Å². The second-order valence-electron chi connectivity index (χ2n) is 11.8. The Hall–Kier alpha value is -2.27. The summed E-state index contributed by atoms with van der Waals surface area (Å²) in [6, 6.07) is 8.87. The van der Waals surface area contributed by atoms with Crippen LogP contribution in [0.15, 0.2) is 72.1 Å². The molecule has 1 N–H and O–H groups in total. The molecule has 2 aliphatic heterocycles. The molecular weight excluding hydrogens is 420 g/mol. The first-order valence-electron chi connectivity index (χ1n) is 12.8. The van der Waals surface area contributed by atoms with Crippen LogP contribution in [-0.2, 0) is 10.3 Å². The maximum Gasteiger partial charge on any atom is 0.0976 e. The van der Waals surface area contributed by atoms with E-state index >= 15 is 0 Å². The molecule has 3 heterocycles. The highest BCUT2D eigenvalue weighted by atomic mass is 16.5. The summed E-state index contributed by atoms with van der Waals surface area (Å²) in [4.78, 5) is 6.62. The quantitative estimate of drug-likeness (QED) is 0.670. The van der Waals surface area contributed by atoms with Gasteiger partial charge in [0.1, 0.15) is 0 Å². The number of nitrogens with zero attached hydrogens (tertiary/aromatic N) is 2. The van der Waals surface area contributed by atoms with Crippen molar-refractivity contribution in [3.05, 3.63) is 77.7 Å². The maximum absolute atomic E-state index is 12.4. The minimum absolute atomic E-state index is 0.186. The van der Waals surface area contributed by atoms with Gasteiger partial charge in [-0.1, -0.05) is 43.4 Å². The van der Waals surface area contributed by atoms with Crippen LogP contribution in [0.4, 0.5) is 0 Å². The summed E-state index contributed by atoms with van der Waals surface area (Å²) in [5.41, 5.74) is 2.13. The zero-order valence-electron chi connectivity index (χ0n) is 20.4. The zero-order valence-corrected chi connectivity index (χ0v) is 20.4. The van der Waals surface area contributed by atoms with Crippen molar-refractivity contribution in [2.24, 2.45) is 11.3 Å². The predicted octanol–water partition coefficient (Wildman–Crippen LogP) is 5.29. The van der Waals surface area contributed by atoms with Gasteiger partial charge >= 0.3 is 0 Å². The summed E-state index contributed by atoms with van der Waals surface area (Å²) in [5.74, 6) is 0.301. The Morgan fingerprint density at radius 2 is 1.97 bits per heavy atom. The third-order valence-electron chi connectivity index (χ3n) is 10.2. The van der Waals surface area contributed by atoms with Crippen molar-refractivity contribution >= 4 is 10.8 Å². The molecule has 1 aromatic carbocycles. The van der Waals surface area contributed by atoms with Crippen molar-refractivity contribution in [2.45, 2.75) is 68.3 Å². The first-order chi connectivity index (χ1) is 16.3. The molecule has 1 saturated carbocycles. The van der Waals surface area contributed by atoms with Gasteiger partial charge in [-0.15, -0.1) is 0 Å². The number of hydrogen-bond donors (Lipinski definition) is 1. The van der Waals surface area contributed by atoms with Crippen molar-refractivity contribution in [3.63, 3.8) is 0 Å². The number of hydrogen-bond acceptors (Lipinski definition) is 4. The van der Waals surface area contributed by atoms with Gasteiger partial charge in [0, 0.05) is 35.2 Å². The standard InChI is InChI=1S/C30H34N2O2/c1-27-11-8-23-17-22-6-7-25(32(2)3)18-28(22)13-14-29(23,34-28)26(27)9-12-30(27,33)24-5-4-20-10-15-31-19-21(20)16-24/h4-8,10,15-17,19,25-26,33H,9,11-14,18H2,1-3H3/t25-,26-,27+,28-,29-,30-/m1/s1. The molecule has 5 aliphatic rings. The summed E-state index contributed by atoms with van der Waals surface area (Å²) < 4.78 is 7.30. The van der Waals surface area contributed by atoms with Crippen LogP contribution in [0.25, 0.3) is 10.8 Å². The molecule has 2 spiro atoms. The fourth-order valence-corrected chi connectivity index (χ4v) is 8.22. The Labute approximate surface area is 202 Å². The molecule has 4 nitrogen and oxygen atoms in total. The van der Waals surface area contributed by atoms with Crippen LogP contribution in [0, 0.1) is 11.3 Å². The van der Waals surface area contributed by atoms with E-state index in [0.717, 1.165) is 49.5 Å². The Morgan fingerprint density at radius 1 is 1.09 bits per heavy atom. The molecule has 2 bridgehead atoms. The number of fused-ring (bicyclic) bond motifs is 2. The van der Waals surface area contributed by atoms with E-state index in [2.05, 4.69) is 73.4 Å². The minimum atomic E-state index is -0.875. The van der Waals surface area contributed by atoms with Gasteiger partial charge in [-0.25, -0.2) is 0 Å². The highest BCUT2D eigenvalue weighted by Gasteiger charge is 2.69. The van der Waals surface area contributed by atoms with Crippen molar-refractivity contribution in [2.75, 3.05) is 14.1 Å². The highest BCUT2D eigenvalue weighted by Crippen LogP contribution is 2.70. The first-order valence-corrected chi connectivity index (χ1v) is 12.8. The maximum atomic E-state index is 12.4. The molecule has 2 fully saturated rings. The lowest BCUT2D eigenvalue weighted by molar-refractivity contribution is -0.161. The lowest BCUT2D eigenvalue weighted by Crippen LogP contribution is -2.56. The van der Waals surface area contributed by atoms with Gasteiger partial charge in [0.25, 0.3) is 0 Å². The number of benzene rings is 1. The van der Waals surface area contributed by atoms with Gasteiger partial charge in [-0.2, -0.15) is 0 Å². The molecule has 6 atom stereocenters. The summed E-state index contributed by atoms with van der Waals surface area (Å²) in [7, 11) is 4.32. The van der Waals surface area contributed by atoms with Crippen molar-refractivity contribution in [1.82, 2.24) is 9.88 Å². The molecule has 176 valence electrons. The molecule has 3 aliphatic carbocycles. The van der Waals surface area contributed by atoms with E-state index in [1.54, 1.807) is 0 Å². The van der Waals surface area contributed by atoms with Crippen LogP contribution in [-0.4, -0.2) is 46.3 Å². The van der Waals surface area contributed by atoms with Gasteiger partial charge in [0.15, 0.2) is 0 Å². The van der Waals surface area contributed by atoms with Gasteiger partial charge in [-0.3, -0.25) is 4.98 Å². The topological polar surface area (TPSA) is 45.6 Å². The molecule has 4 heteroatoms. The van der Waals surface area contributed by atoms with Crippen LogP contribution in [0.2, 0.25) is 0 Å². The number of likely N-dealkylation sites (N-methyl/N-ethyl adjacent to an activating group) is 1. The SMILES string of the molecule is CN(C)[C@@H]1C=CC2=CC3=CC[C@@]4(C)[C@@H](CC[C@@]4(O)c4ccc5ccncc5c4)[C@@]34CC[C@]2(C1)O4. The fraction of sp³-hybridized carbons (Fsp3) is 0.500. The van der Waals surface area contributed by atoms with E-state index < -0.39 is 5.60 Å². The third-order valence-corrected chi connectivity index (χ3v) is 10.2. The molecular formula is C30H34N2O2. The number of aromatic nitrogens is 1. The molecule has 1 saturated heterocycles. The number of rotatable bonds is 2. The normalized spacial score (nSPS) is 42.3. The van der Waals surface area contributed by atoms with Gasteiger partial charge < -0.3 is 14.7 Å². The van der Waals surface area contributed by atoms with E-state index in [9.17, 15) is 5.11 Å². The summed E-state index contributed by atoms with van der Waals surface area (Å²) >= 11 is 0. The van der Waals surface area contributed by atoms with Crippen molar-refractivity contribution in [3.8, 4) is 0 Å².